The number of aromatic carboxylic acids is 1. The highest BCUT2D eigenvalue weighted by Gasteiger charge is 2.26. The smallest absolute Gasteiger partial charge is 0.335 e. The van der Waals surface area contributed by atoms with Gasteiger partial charge in [-0.05, 0) is 63.9 Å². The van der Waals surface area contributed by atoms with E-state index in [4.69, 9.17) is 5.11 Å². The van der Waals surface area contributed by atoms with Gasteiger partial charge in [-0.3, -0.25) is 0 Å². The van der Waals surface area contributed by atoms with E-state index < -0.39 is 5.97 Å². The van der Waals surface area contributed by atoms with E-state index in [0.717, 1.165) is 16.7 Å². The first-order valence-corrected chi connectivity index (χ1v) is 8.97. The number of hydrogen-bond acceptors (Lipinski definition) is 4. The lowest BCUT2D eigenvalue weighted by atomic mass is 9.78. The highest BCUT2D eigenvalue weighted by atomic mass is 16.4. The summed E-state index contributed by atoms with van der Waals surface area (Å²) in [5.74, 6) is -0.619. The number of phenols is 1. The average Bonchev–Trinajstić information content (AvgIpc) is 2.54. The molecule has 2 aromatic rings. The maximum atomic E-state index is 10.9. The molecule has 2 N–H and O–H groups in total. The Labute approximate surface area is 160 Å². The van der Waals surface area contributed by atoms with Gasteiger partial charge in [0.15, 0.2) is 0 Å². The molecule has 5 heteroatoms. The molecule has 0 unspecified atom stereocenters. The van der Waals surface area contributed by atoms with Crippen LogP contribution >= 0.6 is 0 Å². The number of benzene rings is 2. The van der Waals surface area contributed by atoms with Crippen molar-refractivity contribution in [1.29, 1.82) is 0 Å². The van der Waals surface area contributed by atoms with Crippen LogP contribution in [-0.4, -0.2) is 16.2 Å². The maximum Gasteiger partial charge on any atom is 0.335 e. The van der Waals surface area contributed by atoms with Gasteiger partial charge in [-0.1, -0.05) is 41.5 Å². The van der Waals surface area contributed by atoms with Gasteiger partial charge in [0.2, 0.25) is 0 Å². The zero-order valence-corrected chi connectivity index (χ0v) is 16.9. The fraction of sp³-hybridized carbons (Fsp3) is 0.409. The molecule has 0 fully saturated rings. The Morgan fingerprint density at radius 3 is 1.81 bits per heavy atom. The molecule has 0 radical (unpaired) electrons. The third-order valence-electron chi connectivity index (χ3n) is 4.34. The van der Waals surface area contributed by atoms with Crippen LogP contribution in [0.25, 0.3) is 0 Å². The van der Waals surface area contributed by atoms with E-state index in [0.29, 0.717) is 18.0 Å². The molecule has 0 bridgehead atoms. The van der Waals surface area contributed by atoms with E-state index in [1.807, 2.05) is 12.1 Å². The summed E-state index contributed by atoms with van der Waals surface area (Å²) in [6.07, 6.45) is 0. The second-order valence-corrected chi connectivity index (χ2v) is 8.79. The summed E-state index contributed by atoms with van der Waals surface area (Å²) in [6.45, 7) is 12.8. The second-order valence-electron chi connectivity index (χ2n) is 8.79. The number of carboxylic acids is 1. The molecule has 0 amide bonds. The lowest BCUT2D eigenvalue weighted by Gasteiger charge is -2.28. The maximum absolute atomic E-state index is 10.9. The summed E-state index contributed by atoms with van der Waals surface area (Å²) in [6, 6.07) is 10.2. The molecule has 0 atom stereocenters. The number of rotatable bonds is 4. The highest BCUT2D eigenvalue weighted by molar-refractivity contribution is 5.87. The van der Waals surface area contributed by atoms with Gasteiger partial charge in [0.1, 0.15) is 5.75 Å². The Balaban J connectivity index is 2.31. The number of carboxylic acid groups (broad SMARTS) is 1. The van der Waals surface area contributed by atoms with Gasteiger partial charge in [-0.15, -0.1) is 0 Å². The van der Waals surface area contributed by atoms with Crippen LogP contribution in [0.4, 0.5) is 5.69 Å². The fourth-order valence-electron chi connectivity index (χ4n) is 2.80. The minimum absolute atomic E-state index is 0.191. The molecule has 2 rings (SSSR count). The Morgan fingerprint density at radius 1 is 0.926 bits per heavy atom. The molecular formula is C22H28N2O3. The second kappa shape index (κ2) is 7.51. The van der Waals surface area contributed by atoms with Gasteiger partial charge in [0.25, 0.3) is 0 Å². The molecule has 0 saturated heterocycles. The molecule has 0 aromatic heterocycles. The van der Waals surface area contributed by atoms with Crippen molar-refractivity contribution in [2.75, 3.05) is 0 Å². The van der Waals surface area contributed by atoms with Crippen LogP contribution in [0.5, 0.6) is 5.75 Å². The zero-order valence-electron chi connectivity index (χ0n) is 16.9. The quantitative estimate of drug-likeness (QED) is 0.652. The minimum atomic E-state index is -0.966. The molecule has 27 heavy (non-hydrogen) atoms. The van der Waals surface area contributed by atoms with Gasteiger partial charge in [0.05, 0.1) is 17.8 Å². The van der Waals surface area contributed by atoms with E-state index in [1.54, 1.807) is 12.1 Å². The van der Waals surface area contributed by atoms with Crippen molar-refractivity contribution in [2.45, 2.75) is 58.9 Å². The summed E-state index contributed by atoms with van der Waals surface area (Å²) < 4.78 is 0. The van der Waals surface area contributed by atoms with Gasteiger partial charge in [-0.2, -0.15) is 10.2 Å². The number of azo groups is 1. The number of nitrogens with zero attached hydrogens (tertiary/aromatic N) is 2. The van der Waals surface area contributed by atoms with E-state index in [1.165, 1.54) is 12.1 Å². The summed E-state index contributed by atoms with van der Waals surface area (Å²) >= 11 is 0. The fourth-order valence-corrected chi connectivity index (χ4v) is 2.80. The molecule has 2 aromatic carbocycles. The zero-order chi connectivity index (χ0) is 20.4. The summed E-state index contributed by atoms with van der Waals surface area (Å²) in [4.78, 5) is 10.9. The molecular weight excluding hydrogens is 340 g/mol. The van der Waals surface area contributed by atoms with Crippen LogP contribution in [0.1, 0.15) is 68.6 Å². The van der Waals surface area contributed by atoms with Crippen molar-refractivity contribution in [1.82, 2.24) is 0 Å². The Hall–Kier alpha value is -2.69. The largest absolute Gasteiger partial charge is 0.507 e. The van der Waals surface area contributed by atoms with Crippen molar-refractivity contribution in [3.8, 4) is 5.75 Å². The van der Waals surface area contributed by atoms with Gasteiger partial charge in [-0.25, -0.2) is 4.79 Å². The lowest BCUT2D eigenvalue weighted by molar-refractivity contribution is 0.0697. The first-order valence-electron chi connectivity index (χ1n) is 8.97. The summed E-state index contributed by atoms with van der Waals surface area (Å²) in [5.41, 5.74) is 3.21. The normalized spacial score (nSPS) is 12.5. The third-order valence-corrected chi connectivity index (χ3v) is 4.34. The molecule has 0 spiro atoms. The van der Waals surface area contributed by atoms with Crippen molar-refractivity contribution >= 4 is 11.7 Å². The number of aromatic hydroxyl groups is 1. The number of carbonyl (C=O) groups is 1. The lowest BCUT2D eigenvalue weighted by Crippen LogP contribution is -2.17. The van der Waals surface area contributed by atoms with Crippen molar-refractivity contribution < 1.29 is 15.0 Å². The van der Waals surface area contributed by atoms with E-state index in [-0.39, 0.29) is 16.4 Å². The Kier molecular flexibility index (Phi) is 5.73. The van der Waals surface area contributed by atoms with Gasteiger partial charge in [0, 0.05) is 0 Å². The first kappa shape index (κ1) is 20.6. The summed E-state index contributed by atoms with van der Waals surface area (Å²) in [5, 5.41) is 28.1. The van der Waals surface area contributed by atoms with E-state index >= 15 is 0 Å². The van der Waals surface area contributed by atoms with Crippen LogP contribution in [-0.2, 0) is 17.4 Å². The van der Waals surface area contributed by atoms with Crippen LogP contribution in [0.15, 0.2) is 46.6 Å². The topological polar surface area (TPSA) is 82.2 Å². The highest BCUT2D eigenvalue weighted by Crippen LogP contribution is 2.39. The summed E-state index contributed by atoms with van der Waals surface area (Å²) in [7, 11) is 0. The molecule has 5 nitrogen and oxygen atoms in total. The minimum Gasteiger partial charge on any atom is -0.507 e. The van der Waals surface area contributed by atoms with Gasteiger partial charge >= 0.3 is 5.97 Å². The van der Waals surface area contributed by atoms with Crippen molar-refractivity contribution in [2.24, 2.45) is 10.2 Å². The molecule has 0 aliphatic carbocycles. The molecule has 0 aliphatic heterocycles. The van der Waals surface area contributed by atoms with Crippen LogP contribution in [0.3, 0.4) is 0 Å². The van der Waals surface area contributed by atoms with Crippen LogP contribution in [0.2, 0.25) is 0 Å². The number of hydrogen-bond donors (Lipinski definition) is 2. The molecule has 0 heterocycles. The molecule has 0 aliphatic rings. The first-order chi connectivity index (χ1) is 12.4. The predicted octanol–water partition coefficient (Wildman–Crippen LogP) is 5.97. The van der Waals surface area contributed by atoms with Crippen molar-refractivity contribution in [3.63, 3.8) is 0 Å². The van der Waals surface area contributed by atoms with Crippen LogP contribution < -0.4 is 0 Å². The van der Waals surface area contributed by atoms with Crippen LogP contribution in [0, 0.1) is 0 Å². The van der Waals surface area contributed by atoms with Crippen molar-refractivity contribution in [3.05, 3.63) is 58.7 Å². The van der Waals surface area contributed by atoms with E-state index in [2.05, 4.69) is 51.8 Å². The molecule has 0 saturated carbocycles. The predicted molar refractivity (Wildman–Crippen MR) is 107 cm³/mol. The molecule has 144 valence electrons. The SMILES string of the molecule is CC(C)(C)c1cc(CN=Nc2ccc(C(=O)O)cc2)cc(C(C)(C)C)c1O. The van der Waals surface area contributed by atoms with Gasteiger partial charge < -0.3 is 10.2 Å². The van der Waals surface area contributed by atoms with E-state index in [9.17, 15) is 9.90 Å². The third kappa shape index (κ3) is 5.16. The Bertz CT molecular complexity index is 820. The number of phenolic OH excluding ortho intramolecular Hbond substituents is 1. The monoisotopic (exact) mass is 368 g/mol. The average molecular weight is 368 g/mol. The Morgan fingerprint density at radius 2 is 1.41 bits per heavy atom. The standard InChI is InChI=1S/C22H28N2O3/c1-21(2,3)17-11-14(12-18(19(17)25)22(4,5)6)13-23-24-16-9-7-15(8-10-16)20(26)27/h7-12,25H,13H2,1-6H3,(H,26,27).